The van der Waals surface area contributed by atoms with Gasteiger partial charge in [0.1, 0.15) is 12.6 Å². The number of carbonyl (C=O) groups is 2. The fourth-order valence-electron chi connectivity index (χ4n) is 0.719. The number of carboxylic acid groups (broad SMARTS) is 1. The molecule has 1 unspecified atom stereocenters. The van der Waals surface area contributed by atoms with E-state index in [4.69, 9.17) is 39.9 Å². The van der Waals surface area contributed by atoms with E-state index in [0.29, 0.717) is 0 Å². The molecule has 5 nitrogen and oxygen atoms in total. The van der Waals surface area contributed by atoms with Crippen molar-refractivity contribution >= 4 is 46.9 Å². The Kier molecular flexibility index (Phi) is 6.55. The van der Waals surface area contributed by atoms with E-state index in [1.807, 2.05) is 0 Å². The van der Waals surface area contributed by atoms with E-state index < -0.39 is 28.5 Å². The summed E-state index contributed by atoms with van der Waals surface area (Å²) in [4.78, 5) is 21.7. The van der Waals surface area contributed by atoms with Crippen LogP contribution >= 0.6 is 34.8 Å². The number of carboxylic acids is 1. The van der Waals surface area contributed by atoms with Crippen LogP contribution in [0.3, 0.4) is 0 Å². The molecule has 0 heterocycles. The second-order valence-electron chi connectivity index (χ2n) is 2.75. The molecule has 1 atom stereocenters. The lowest BCUT2D eigenvalue weighted by molar-refractivity contribution is -0.139. The van der Waals surface area contributed by atoms with E-state index in [0.717, 1.165) is 0 Å². The topological polar surface area (TPSA) is 75.6 Å². The lowest BCUT2D eigenvalue weighted by atomic mass is 10.2. The molecule has 2 N–H and O–H groups in total. The predicted octanol–water partition coefficient (Wildman–Crippen LogP) is 2.11. The largest absolute Gasteiger partial charge is 0.480 e. The molecule has 0 aliphatic heterocycles. The minimum Gasteiger partial charge on any atom is -0.480 e. The minimum absolute atomic E-state index is 0.0677. The maximum Gasteiger partial charge on any atom is 0.408 e. The molecule has 0 aliphatic rings. The van der Waals surface area contributed by atoms with E-state index in [1.54, 1.807) is 0 Å². The van der Waals surface area contributed by atoms with Gasteiger partial charge in [0.05, 0.1) is 0 Å². The molecule has 0 saturated carbocycles. The van der Waals surface area contributed by atoms with Crippen molar-refractivity contribution in [3.8, 4) is 0 Å². The first-order valence-electron chi connectivity index (χ1n) is 4.10. The highest BCUT2D eigenvalue weighted by atomic mass is 35.6. The SMILES string of the molecule is C=CCC(NC(=O)OCC(Cl)(Cl)Cl)C(=O)O. The van der Waals surface area contributed by atoms with Gasteiger partial charge in [-0.3, -0.25) is 0 Å². The Balaban J connectivity index is 4.10. The maximum atomic E-state index is 11.1. The summed E-state index contributed by atoms with van der Waals surface area (Å²) in [6.07, 6.45) is 0.451. The van der Waals surface area contributed by atoms with E-state index in [-0.39, 0.29) is 6.42 Å². The smallest absolute Gasteiger partial charge is 0.408 e. The lowest BCUT2D eigenvalue weighted by Crippen LogP contribution is -2.41. The Morgan fingerprint density at radius 3 is 2.44 bits per heavy atom. The third kappa shape index (κ3) is 7.62. The second kappa shape index (κ2) is 6.83. The molecule has 0 spiro atoms. The fraction of sp³-hybridized carbons (Fsp3) is 0.500. The van der Waals surface area contributed by atoms with Gasteiger partial charge in [-0.15, -0.1) is 6.58 Å². The number of rotatable bonds is 5. The van der Waals surface area contributed by atoms with E-state index in [2.05, 4.69) is 16.6 Å². The number of hydrogen-bond donors (Lipinski definition) is 2. The van der Waals surface area contributed by atoms with Crippen LogP contribution < -0.4 is 5.32 Å². The van der Waals surface area contributed by atoms with Crippen LogP contribution in [0.1, 0.15) is 6.42 Å². The number of halogens is 3. The standard InChI is InChI=1S/C8H10Cl3NO4/c1-2-3-5(6(13)14)12-7(15)16-4-8(9,10)11/h2,5H,1,3-4H2,(H,12,15)(H,13,14). The highest BCUT2D eigenvalue weighted by Crippen LogP contribution is 2.25. The molecule has 0 bridgehead atoms. The van der Waals surface area contributed by atoms with Gasteiger partial charge in [0.25, 0.3) is 0 Å². The van der Waals surface area contributed by atoms with Crippen LogP contribution in [0.2, 0.25) is 0 Å². The van der Waals surface area contributed by atoms with Gasteiger partial charge in [0, 0.05) is 0 Å². The lowest BCUT2D eigenvalue weighted by Gasteiger charge is -2.15. The van der Waals surface area contributed by atoms with Crippen LogP contribution in [0.25, 0.3) is 0 Å². The first-order valence-corrected chi connectivity index (χ1v) is 5.23. The average Bonchev–Trinajstić information content (AvgIpc) is 2.13. The van der Waals surface area contributed by atoms with Gasteiger partial charge >= 0.3 is 12.1 Å². The summed E-state index contributed by atoms with van der Waals surface area (Å²) >= 11 is 16.0. The zero-order chi connectivity index (χ0) is 12.8. The Morgan fingerprint density at radius 2 is 2.06 bits per heavy atom. The molecular formula is C8H10Cl3NO4. The van der Waals surface area contributed by atoms with Gasteiger partial charge in [-0.25, -0.2) is 9.59 Å². The molecule has 16 heavy (non-hydrogen) atoms. The van der Waals surface area contributed by atoms with E-state index in [1.165, 1.54) is 6.08 Å². The van der Waals surface area contributed by atoms with Crippen molar-refractivity contribution in [1.82, 2.24) is 5.32 Å². The number of ether oxygens (including phenoxy) is 1. The number of nitrogens with one attached hydrogen (secondary N) is 1. The van der Waals surface area contributed by atoms with Crippen molar-refractivity contribution < 1.29 is 19.4 Å². The number of alkyl halides is 3. The first-order chi connectivity index (χ1) is 7.26. The third-order valence-electron chi connectivity index (χ3n) is 1.36. The van der Waals surface area contributed by atoms with Crippen LogP contribution in [0.15, 0.2) is 12.7 Å². The van der Waals surface area contributed by atoms with Crippen LogP contribution in [-0.2, 0) is 9.53 Å². The van der Waals surface area contributed by atoms with Gasteiger partial charge < -0.3 is 15.2 Å². The zero-order valence-electron chi connectivity index (χ0n) is 8.08. The number of amides is 1. The van der Waals surface area contributed by atoms with Crippen molar-refractivity contribution in [2.24, 2.45) is 0 Å². The molecular weight excluding hydrogens is 280 g/mol. The number of carbonyl (C=O) groups excluding carboxylic acids is 1. The Morgan fingerprint density at radius 1 is 1.50 bits per heavy atom. The molecule has 0 radical (unpaired) electrons. The first kappa shape index (κ1) is 15.3. The van der Waals surface area contributed by atoms with Crippen molar-refractivity contribution in [3.05, 3.63) is 12.7 Å². The Bertz CT molecular complexity index is 277. The normalized spacial score (nSPS) is 12.7. The maximum absolute atomic E-state index is 11.1. The van der Waals surface area contributed by atoms with Crippen molar-refractivity contribution in [2.75, 3.05) is 6.61 Å². The van der Waals surface area contributed by atoms with Gasteiger partial charge in [-0.05, 0) is 6.42 Å². The summed E-state index contributed by atoms with van der Waals surface area (Å²) in [6, 6.07) is -1.11. The summed E-state index contributed by atoms with van der Waals surface area (Å²) in [7, 11) is 0. The molecule has 0 aromatic carbocycles. The molecule has 1 amide bonds. The fourth-order valence-corrected chi connectivity index (χ4v) is 0.883. The van der Waals surface area contributed by atoms with Gasteiger partial charge in [0.2, 0.25) is 3.79 Å². The highest BCUT2D eigenvalue weighted by molar-refractivity contribution is 6.67. The van der Waals surface area contributed by atoms with Crippen molar-refractivity contribution in [2.45, 2.75) is 16.3 Å². The molecule has 0 aromatic rings. The molecule has 0 rings (SSSR count). The summed E-state index contributed by atoms with van der Waals surface area (Å²) in [6.45, 7) is 2.89. The van der Waals surface area contributed by atoms with Crippen LogP contribution in [-0.4, -0.2) is 33.6 Å². The zero-order valence-corrected chi connectivity index (χ0v) is 10.3. The number of aliphatic carboxylic acids is 1. The highest BCUT2D eigenvalue weighted by Gasteiger charge is 2.24. The quantitative estimate of drug-likeness (QED) is 0.600. The van der Waals surface area contributed by atoms with Gasteiger partial charge in [0.15, 0.2) is 0 Å². The summed E-state index contributed by atoms with van der Waals surface area (Å²) in [5.41, 5.74) is 0. The number of hydrogen-bond acceptors (Lipinski definition) is 3. The Labute approximate surface area is 107 Å². The summed E-state index contributed by atoms with van der Waals surface area (Å²) in [5, 5.41) is 10.8. The third-order valence-corrected chi connectivity index (χ3v) is 1.69. The van der Waals surface area contributed by atoms with Gasteiger partial charge in [-0.1, -0.05) is 40.9 Å². The van der Waals surface area contributed by atoms with E-state index in [9.17, 15) is 9.59 Å². The summed E-state index contributed by atoms with van der Waals surface area (Å²) < 4.78 is 2.76. The predicted molar refractivity (Wildman–Crippen MR) is 61.0 cm³/mol. The summed E-state index contributed by atoms with van der Waals surface area (Å²) in [5.74, 6) is -1.20. The van der Waals surface area contributed by atoms with E-state index >= 15 is 0 Å². The van der Waals surface area contributed by atoms with Crippen LogP contribution in [0, 0.1) is 0 Å². The Hall–Kier alpha value is -0.650. The minimum atomic E-state index is -1.73. The second-order valence-corrected chi connectivity index (χ2v) is 5.27. The average molecular weight is 291 g/mol. The molecule has 8 heteroatoms. The monoisotopic (exact) mass is 289 g/mol. The van der Waals surface area contributed by atoms with Crippen LogP contribution in [0.4, 0.5) is 4.79 Å². The molecule has 0 saturated heterocycles. The van der Waals surface area contributed by atoms with Crippen molar-refractivity contribution in [3.63, 3.8) is 0 Å². The number of alkyl carbamates (subject to hydrolysis) is 1. The van der Waals surface area contributed by atoms with Crippen LogP contribution in [0.5, 0.6) is 0 Å². The molecule has 0 aliphatic carbocycles. The molecule has 92 valence electrons. The molecule has 0 fully saturated rings. The van der Waals surface area contributed by atoms with Crippen molar-refractivity contribution in [1.29, 1.82) is 0 Å². The van der Waals surface area contributed by atoms with Gasteiger partial charge in [-0.2, -0.15) is 0 Å². The molecule has 0 aromatic heterocycles.